The molecule has 1 aromatic carbocycles. The Bertz CT molecular complexity index is 686. The number of hydrogen-bond donors (Lipinski definition) is 2. The van der Waals surface area contributed by atoms with Crippen LogP contribution in [-0.4, -0.2) is 45.3 Å². The predicted molar refractivity (Wildman–Crippen MR) is 78.8 cm³/mol. The Morgan fingerprint density at radius 2 is 2.23 bits per heavy atom. The fourth-order valence-corrected chi connectivity index (χ4v) is 2.87. The molecule has 116 valence electrons. The van der Waals surface area contributed by atoms with Gasteiger partial charge in [-0.05, 0) is 31.5 Å². The van der Waals surface area contributed by atoms with Crippen molar-refractivity contribution in [3.05, 3.63) is 53.1 Å². The van der Waals surface area contributed by atoms with Crippen molar-refractivity contribution < 1.29 is 14.3 Å². The zero-order valence-electron chi connectivity index (χ0n) is 12.3. The number of aliphatic hydroxyl groups excluding tert-OH is 1. The Labute approximate surface area is 127 Å². The molecule has 0 spiro atoms. The number of β-amino-alcohol motifs (C(OH)–C–C–N with tert-alkyl or cyclic N) is 1. The Hall–Kier alpha value is -2.21. The number of carbonyl (C=O) groups is 1. The number of aliphatic hydroxyl groups is 1. The predicted octanol–water partition coefficient (Wildman–Crippen LogP) is 1.53. The highest BCUT2D eigenvalue weighted by molar-refractivity contribution is 5.94. The molecule has 1 aliphatic rings. The maximum atomic E-state index is 13.7. The fourth-order valence-electron chi connectivity index (χ4n) is 2.87. The van der Waals surface area contributed by atoms with Gasteiger partial charge >= 0.3 is 0 Å². The van der Waals surface area contributed by atoms with Crippen molar-refractivity contribution in [2.75, 3.05) is 13.1 Å². The van der Waals surface area contributed by atoms with Gasteiger partial charge in [-0.2, -0.15) is 5.10 Å². The topological polar surface area (TPSA) is 69.2 Å². The van der Waals surface area contributed by atoms with Crippen LogP contribution in [0.2, 0.25) is 0 Å². The van der Waals surface area contributed by atoms with Crippen molar-refractivity contribution in [3.8, 4) is 0 Å². The molecular formula is C16H18FN3O2. The zero-order valence-corrected chi connectivity index (χ0v) is 12.3. The Balaban J connectivity index is 1.70. The third kappa shape index (κ3) is 2.87. The highest BCUT2D eigenvalue weighted by Gasteiger charge is 2.35. The summed E-state index contributed by atoms with van der Waals surface area (Å²) in [5.41, 5.74) is 1.87. The maximum absolute atomic E-state index is 13.7. The van der Waals surface area contributed by atoms with Gasteiger partial charge in [-0.1, -0.05) is 12.1 Å². The molecule has 2 aromatic rings. The van der Waals surface area contributed by atoms with Crippen molar-refractivity contribution in [1.29, 1.82) is 0 Å². The number of nitrogens with one attached hydrogen (secondary N) is 1. The second kappa shape index (κ2) is 5.88. The van der Waals surface area contributed by atoms with E-state index in [0.29, 0.717) is 13.0 Å². The van der Waals surface area contributed by atoms with E-state index in [1.165, 1.54) is 17.0 Å². The van der Waals surface area contributed by atoms with Gasteiger partial charge in [0.1, 0.15) is 5.82 Å². The van der Waals surface area contributed by atoms with E-state index in [1.54, 1.807) is 12.1 Å². The van der Waals surface area contributed by atoms with Crippen LogP contribution < -0.4 is 0 Å². The largest absolute Gasteiger partial charge is 0.391 e. The summed E-state index contributed by atoms with van der Waals surface area (Å²) in [5, 5.41) is 17.2. The summed E-state index contributed by atoms with van der Waals surface area (Å²) < 4.78 is 13.7. The number of rotatable bonds is 3. The molecule has 1 amide bonds. The number of carbonyl (C=O) groups excluding carboxylic acids is 1. The van der Waals surface area contributed by atoms with Gasteiger partial charge in [0, 0.05) is 24.7 Å². The summed E-state index contributed by atoms with van der Waals surface area (Å²) in [7, 11) is 0. The van der Waals surface area contributed by atoms with Gasteiger partial charge in [0.05, 0.1) is 17.4 Å². The van der Waals surface area contributed by atoms with Crippen LogP contribution in [0.15, 0.2) is 30.3 Å². The van der Waals surface area contributed by atoms with Crippen LogP contribution in [0.5, 0.6) is 0 Å². The molecule has 22 heavy (non-hydrogen) atoms. The van der Waals surface area contributed by atoms with E-state index >= 15 is 0 Å². The second-order valence-electron chi connectivity index (χ2n) is 5.76. The molecule has 0 radical (unpaired) electrons. The summed E-state index contributed by atoms with van der Waals surface area (Å²) >= 11 is 0. The van der Waals surface area contributed by atoms with Gasteiger partial charge in [-0.25, -0.2) is 4.39 Å². The molecule has 1 aromatic heterocycles. The lowest BCUT2D eigenvalue weighted by Crippen LogP contribution is -2.30. The third-order valence-electron chi connectivity index (χ3n) is 4.03. The van der Waals surface area contributed by atoms with Crippen LogP contribution in [-0.2, 0) is 6.42 Å². The normalized spacial score (nSPS) is 21.3. The molecule has 1 saturated heterocycles. The van der Waals surface area contributed by atoms with Crippen molar-refractivity contribution in [1.82, 2.24) is 15.1 Å². The highest BCUT2D eigenvalue weighted by Crippen LogP contribution is 2.23. The first-order chi connectivity index (χ1) is 10.5. The number of H-pyrrole nitrogens is 1. The van der Waals surface area contributed by atoms with E-state index in [9.17, 15) is 14.3 Å². The highest BCUT2D eigenvalue weighted by atomic mass is 19.1. The van der Waals surface area contributed by atoms with Crippen LogP contribution >= 0.6 is 0 Å². The summed E-state index contributed by atoms with van der Waals surface area (Å²) in [6.07, 6.45) is -0.0280. The molecule has 6 heteroatoms. The first kappa shape index (κ1) is 14.7. The van der Waals surface area contributed by atoms with Gasteiger partial charge in [0.2, 0.25) is 0 Å². The Morgan fingerprint density at radius 1 is 1.45 bits per heavy atom. The van der Waals surface area contributed by atoms with E-state index in [1.807, 2.05) is 13.0 Å². The summed E-state index contributed by atoms with van der Waals surface area (Å²) in [4.78, 5) is 13.9. The Morgan fingerprint density at radius 3 is 2.91 bits per heavy atom. The molecule has 2 unspecified atom stereocenters. The van der Waals surface area contributed by atoms with Crippen molar-refractivity contribution in [2.24, 2.45) is 5.92 Å². The summed E-state index contributed by atoms with van der Waals surface area (Å²) in [6.45, 7) is 2.54. The number of benzene rings is 1. The number of amides is 1. The molecule has 1 fully saturated rings. The monoisotopic (exact) mass is 303 g/mol. The lowest BCUT2D eigenvalue weighted by molar-refractivity contribution is 0.0760. The van der Waals surface area contributed by atoms with Gasteiger partial charge in [0.15, 0.2) is 0 Å². The average molecular weight is 303 g/mol. The number of aromatic amines is 1. The zero-order chi connectivity index (χ0) is 15.7. The molecule has 2 N–H and O–H groups in total. The standard InChI is InChI=1S/C16H18FN3O2/c1-10-6-12(19-18-10)7-11-8-20(9-15(11)21)16(22)13-4-2-3-5-14(13)17/h2-6,11,15,21H,7-9H2,1H3,(H,18,19). The van der Waals surface area contributed by atoms with Crippen LogP contribution in [0.25, 0.3) is 0 Å². The van der Waals surface area contributed by atoms with Crippen LogP contribution in [0.3, 0.4) is 0 Å². The third-order valence-corrected chi connectivity index (χ3v) is 4.03. The minimum Gasteiger partial charge on any atom is -0.391 e. The Kier molecular flexibility index (Phi) is 3.94. The quantitative estimate of drug-likeness (QED) is 0.903. The molecular weight excluding hydrogens is 285 g/mol. The average Bonchev–Trinajstić information content (AvgIpc) is 3.06. The second-order valence-corrected chi connectivity index (χ2v) is 5.76. The maximum Gasteiger partial charge on any atom is 0.256 e. The minimum absolute atomic E-state index is 0.0472. The SMILES string of the molecule is Cc1cc(CC2CN(C(=O)c3ccccc3F)CC2O)n[nH]1. The van der Waals surface area contributed by atoms with Crippen molar-refractivity contribution >= 4 is 5.91 Å². The molecule has 2 atom stereocenters. The lowest BCUT2D eigenvalue weighted by Gasteiger charge is -2.16. The number of likely N-dealkylation sites (tertiary alicyclic amines) is 1. The molecule has 0 aliphatic carbocycles. The number of halogens is 1. The molecule has 0 saturated carbocycles. The van der Waals surface area contributed by atoms with E-state index in [-0.39, 0.29) is 23.9 Å². The van der Waals surface area contributed by atoms with Crippen molar-refractivity contribution in [3.63, 3.8) is 0 Å². The van der Waals surface area contributed by atoms with Crippen LogP contribution in [0, 0.1) is 18.7 Å². The fraction of sp³-hybridized carbons (Fsp3) is 0.375. The van der Waals surface area contributed by atoms with E-state index in [4.69, 9.17) is 0 Å². The molecule has 3 rings (SSSR count). The number of aromatic nitrogens is 2. The smallest absolute Gasteiger partial charge is 0.256 e. The number of hydrogen-bond acceptors (Lipinski definition) is 3. The van der Waals surface area contributed by atoms with Gasteiger partial charge in [-0.3, -0.25) is 9.89 Å². The first-order valence-electron chi connectivity index (χ1n) is 7.27. The molecule has 1 aliphatic heterocycles. The summed E-state index contributed by atoms with van der Waals surface area (Å²) in [5.74, 6) is -0.996. The van der Waals surface area contributed by atoms with E-state index < -0.39 is 11.9 Å². The van der Waals surface area contributed by atoms with Gasteiger partial charge < -0.3 is 10.0 Å². The number of aryl methyl sites for hydroxylation is 1. The molecule has 0 bridgehead atoms. The lowest BCUT2D eigenvalue weighted by atomic mass is 10.0. The van der Waals surface area contributed by atoms with Gasteiger partial charge in [-0.15, -0.1) is 0 Å². The van der Waals surface area contributed by atoms with Crippen LogP contribution in [0.4, 0.5) is 4.39 Å². The molecule has 2 heterocycles. The van der Waals surface area contributed by atoms with Crippen LogP contribution in [0.1, 0.15) is 21.7 Å². The number of nitrogens with zero attached hydrogens (tertiary/aromatic N) is 2. The molecule has 5 nitrogen and oxygen atoms in total. The van der Waals surface area contributed by atoms with Gasteiger partial charge in [0.25, 0.3) is 5.91 Å². The first-order valence-corrected chi connectivity index (χ1v) is 7.27. The van der Waals surface area contributed by atoms with E-state index in [2.05, 4.69) is 10.2 Å². The minimum atomic E-state index is -0.618. The summed E-state index contributed by atoms with van der Waals surface area (Å²) in [6, 6.07) is 7.84. The van der Waals surface area contributed by atoms with Crippen molar-refractivity contribution in [2.45, 2.75) is 19.4 Å². The van der Waals surface area contributed by atoms with E-state index in [0.717, 1.165) is 11.4 Å².